The van der Waals surface area contributed by atoms with Gasteiger partial charge >= 0.3 is 18.9 Å². The summed E-state index contributed by atoms with van der Waals surface area (Å²) >= 11 is 5.08. The number of nitrogens with zero attached hydrogens (tertiary/aromatic N) is 3. The first-order chi connectivity index (χ1) is 66.8. The molecule has 654 valence electrons. The van der Waals surface area contributed by atoms with Crippen molar-refractivity contribution in [3.05, 3.63) is 521 Å². The summed E-state index contributed by atoms with van der Waals surface area (Å²) < 4.78 is 3.51. The fourth-order valence-electron chi connectivity index (χ4n) is 20.1. The number of benzene rings is 20. The minimum Gasteiger partial charge on any atom is -0.376 e. The molecule has 20 aromatic carbocycles. The maximum absolute atomic E-state index is 15.2. The van der Waals surface area contributed by atoms with Gasteiger partial charge in [-0.3, -0.25) is 9.59 Å². The Bertz CT molecular complexity index is 8150. The van der Waals surface area contributed by atoms with Gasteiger partial charge in [-0.25, -0.2) is 15.0 Å². The maximum Gasteiger partial charge on any atom is 1.00 e. The number of thiazole rings is 3. The minimum atomic E-state index is -1.86. The molecule has 0 amide bonds. The van der Waals surface area contributed by atoms with Crippen molar-refractivity contribution in [1.82, 2.24) is 15.0 Å². The third-order valence-corrected chi connectivity index (χ3v) is 29.7. The average molecular weight is 1940 g/mol. The summed E-state index contributed by atoms with van der Waals surface area (Å²) in [6.45, 7) is 6.32. The van der Waals surface area contributed by atoms with Gasteiger partial charge < -0.3 is 10.2 Å². The molecule has 0 saturated heterocycles. The van der Waals surface area contributed by atoms with Crippen LogP contribution in [0.4, 0.5) is 0 Å². The molecule has 2 N–H and O–H groups in total. The number of carbonyl (C=O) groups is 2. The zero-order chi connectivity index (χ0) is 91.7. The van der Waals surface area contributed by atoms with Crippen molar-refractivity contribution in [3.8, 4) is 121 Å². The minimum absolute atomic E-state index is 0. The van der Waals surface area contributed by atoms with Crippen molar-refractivity contribution in [1.29, 1.82) is 0 Å². The summed E-state index contributed by atoms with van der Waals surface area (Å²) in [5.41, 5.74) is 26.2. The van der Waals surface area contributed by atoms with E-state index in [2.05, 4.69) is 281 Å². The Balaban J connectivity index is 0.000000153. The van der Waals surface area contributed by atoms with Crippen LogP contribution >= 0.6 is 58.0 Å². The molecule has 3 aromatic heterocycles. The standard InChI is InChI=1S/C70H48N2O2S2.C42H26O2.C14H10NS.HI.Li/c1-43-27-37-59-61(39-43)75-67(71-59)49-29-33-51(34-30-49)69(73)57-41-55(45-17-7-3-8-18-45)56(46-19-9-4-10-20-46)42-58(57)70(74,52-35-31-50(32-36-52)68-72-60-38-28-44(2)40-62(60)76-68)66-64(48-23-13-6-14-24-48)54-26-16-15-25-53(54)63(65(66)69)47-21-11-5-12-22-47;43-41-35-25-33(27-15-5-1-6-16-27)34(28-17-7-2-8-18-28)26-36(35)42(44)40-38(30-21-11-4-12-22-30)32-24-14-13-23-31(32)37(39(40)41)29-19-9-3-10-20-29;1-10-7-8-12-13(9-10)16-14(15-12)11-5-3-2-4-6-11;;/h3-42,73-74H,1-2H3;1-26H;3-9H,1H3;1H;/q;;-1;;+1. The van der Waals surface area contributed by atoms with Crippen LogP contribution in [0.3, 0.4) is 0 Å². The second-order valence-corrected chi connectivity index (χ2v) is 38.0. The summed E-state index contributed by atoms with van der Waals surface area (Å²) in [5, 5.41) is 37.1. The molecule has 0 saturated carbocycles. The third-order valence-electron chi connectivity index (χ3n) is 26.5. The van der Waals surface area contributed by atoms with Crippen LogP contribution in [-0.2, 0) is 11.2 Å². The van der Waals surface area contributed by atoms with Crippen LogP contribution in [0.2, 0.25) is 0 Å². The average Bonchev–Trinajstić information content (AvgIpc) is 0.693. The Labute approximate surface area is 841 Å². The van der Waals surface area contributed by atoms with Gasteiger partial charge in [-0.15, -0.1) is 58.0 Å². The predicted molar refractivity (Wildman–Crippen MR) is 579 cm³/mol. The molecule has 2 atom stereocenters. The van der Waals surface area contributed by atoms with Gasteiger partial charge in [-0.05, 0) is 209 Å². The van der Waals surface area contributed by atoms with Crippen LogP contribution in [0, 0.1) is 26.8 Å². The van der Waals surface area contributed by atoms with E-state index in [-0.39, 0.29) is 54.4 Å². The van der Waals surface area contributed by atoms with Gasteiger partial charge in [0.15, 0.2) is 11.6 Å². The molecule has 0 bridgehead atoms. The summed E-state index contributed by atoms with van der Waals surface area (Å²) in [6, 6.07) is 153. The Morgan fingerprint density at radius 2 is 0.493 bits per heavy atom. The normalized spacial score (nSPS) is 13.9. The number of ketones is 2. The summed E-state index contributed by atoms with van der Waals surface area (Å²) in [6.07, 6.45) is 0. The Hall–Kier alpha value is -14.8. The van der Waals surface area contributed by atoms with Crippen molar-refractivity contribution in [2.45, 2.75) is 32.0 Å². The number of hydrogen-bond donors (Lipinski definition) is 2. The van der Waals surface area contributed by atoms with Gasteiger partial charge in [0.05, 0.1) is 35.7 Å². The van der Waals surface area contributed by atoms with E-state index in [1.165, 1.54) is 21.4 Å². The molecule has 2 unspecified atom stereocenters. The van der Waals surface area contributed by atoms with Crippen LogP contribution < -0.4 is 18.9 Å². The van der Waals surface area contributed by atoms with E-state index >= 15 is 10.2 Å². The van der Waals surface area contributed by atoms with Gasteiger partial charge in [-0.2, -0.15) is 30.3 Å². The molecule has 25 rings (SSSR count). The fraction of sp³-hybridized carbons (Fsp3) is 0.0397. The molecule has 0 fully saturated rings. The first-order valence-corrected chi connectivity index (χ1v) is 48.0. The molecule has 2 aliphatic carbocycles. The van der Waals surface area contributed by atoms with Crippen LogP contribution in [0.1, 0.15) is 81.9 Å². The van der Waals surface area contributed by atoms with Crippen LogP contribution in [0.25, 0.3) is 173 Å². The monoisotopic (exact) mass is 1930 g/mol. The van der Waals surface area contributed by atoms with E-state index in [1.807, 2.05) is 194 Å². The molecule has 0 spiro atoms. The molecule has 0 aliphatic heterocycles. The Morgan fingerprint density at radius 1 is 0.246 bits per heavy atom. The first kappa shape index (κ1) is 89.7. The van der Waals surface area contributed by atoms with E-state index in [9.17, 15) is 9.59 Å². The third kappa shape index (κ3) is 16.1. The van der Waals surface area contributed by atoms with E-state index < -0.39 is 11.2 Å². The Kier molecular flexibility index (Phi) is 24.5. The molecule has 2 aliphatic rings. The first-order valence-electron chi connectivity index (χ1n) is 45.6. The van der Waals surface area contributed by atoms with Gasteiger partial charge in [0.2, 0.25) is 0 Å². The molecule has 23 aromatic rings. The molecule has 12 heteroatoms. The number of fused-ring (bicyclic) bond motifs is 9. The van der Waals surface area contributed by atoms with Crippen molar-refractivity contribution in [3.63, 3.8) is 0 Å². The quantitative estimate of drug-likeness (QED) is 0.0671. The van der Waals surface area contributed by atoms with Crippen LogP contribution in [0.5, 0.6) is 0 Å². The van der Waals surface area contributed by atoms with Gasteiger partial charge in [0.25, 0.3) is 0 Å². The molecular weight excluding hydrogens is 1850 g/mol. The Morgan fingerprint density at radius 3 is 0.783 bits per heavy atom. The molecule has 7 nitrogen and oxygen atoms in total. The van der Waals surface area contributed by atoms with Crippen molar-refractivity contribution in [2.75, 3.05) is 0 Å². The van der Waals surface area contributed by atoms with E-state index in [1.54, 1.807) is 34.0 Å². The van der Waals surface area contributed by atoms with Gasteiger partial charge in [0.1, 0.15) is 21.2 Å². The maximum atomic E-state index is 15.2. The summed E-state index contributed by atoms with van der Waals surface area (Å²) in [5.74, 6) is -0.263. The van der Waals surface area contributed by atoms with Crippen LogP contribution in [-0.4, -0.2) is 36.7 Å². The number of aromatic nitrogens is 3. The number of aliphatic hydroxyl groups is 2. The molecular formula is C126H85ILiN3O4S3. The van der Waals surface area contributed by atoms with E-state index in [0.717, 1.165) is 168 Å². The number of hydrogen-bond acceptors (Lipinski definition) is 10. The van der Waals surface area contributed by atoms with Crippen LogP contribution in [0.15, 0.2) is 443 Å². The second kappa shape index (κ2) is 37.7. The number of rotatable bonds is 13. The smallest absolute Gasteiger partial charge is 0.376 e. The number of carbonyl (C=O) groups excluding carboxylic acids is 2. The topological polar surface area (TPSA) is 113 Å². The predicted octanol–water partition coefficient (Wildman–Crippen LogP) is 29.5. The molecule has 3 heterocycles. The largest absolute Gasteiger partial charge is 1.00 e. The zero-order valence-electron chi connectivity index (χ0n) is 75.8. The van der Waals surface area contributed by atoms with Gasteiger partial charge in [0, 0.05) is 66.8 Å². The fourth-order valence-corrected chi connectivity index (χ4v) is 23.3. The van der Waals surface area contributed by atoms with Crippen molar-refractivity contribution >= 4 is 122 Å². The van der Waals surface area contributed by atoms with Gasteiger partial charge in [-0.1, -0.05) is 363 Å². The SMILES string of the molecule is Cc1ccc2nc(-c3cc[c-]cc3)sc2c1.Cc1ccc2nc(-c3ccc(C4(O)c5cc(-c6ccccc6)c(-c6ccccc6)cc5C(O)(c5ccc(-c6nc7ccc(C)cc7s6)cc5)c5c4c(-c4ccccc4)c4ccccc4c5-c4ccccc4)cc3)sc2c1.I.O=C1c2cc(-c3ccccc3)c(-c3ccccc3)cc2C(=O)c2c1c(-c1ccccc1)c1ccccc1c2-c1ccccc1.[Li+]. The summed E-state index contributed by atoms with van der Waals surface area (Å²) in [4.78, 5) is 44.7. The molecule has 0 radical (unpaired) electrons. The summed E-state index contributed by atoms with van der Waals surface area (Å²) in [7, 11) is 0. The number of aryl methyl sites for hydroxylation is 3. The van der Waals surface area contributed by atoms with Crippen molar-refractivity contribution < 1.29 is 38.7 Å². The zero-order valence-corrected chi connectivity index (χ0v) is 80.6. The van der Waals surface area contributed by atoms with Crippen molar-refractivity contribution in [2.24, 2.45) is 0 Å². The second-order valence-electron chi connectivity index (χ2n) is 34.9. The van der Waals surface area contributed by atoms with E-state index in [4.69, 9.17) is 9.97 Å². The van der Waals surface area contributed by atoms with E-state index in [0.29, 0.717) is 55.6 Å². The number of halogens is 1. The molecule has 138 heavy (non-hydrogen) atoms.